The molecule has 1 aromatic carbocycles. The topological polar surface area (TPSA) is 49.6 Å². The van der Waals surface area contributed by atoms with Crippen molar-refractivity contribution in [2.45, 2.75) is 18.8 Å². The van der Waals surface area contributed by atoms with E-state index in [4.69, 9.17) is 10.2 Å². The number of thiazole rings is 1. The summed E-state index contributed by atoms with van der Waals surface area (Å²) < 4.78 is 0. The fourth-order valence-corrected chi connectivity index (χ4v) is 3.47. The molecular formula is C18H13N3S. The van der Waals surface area contributed by atoms with E-state index in [0.29, 0.717) is 11.5 Å². The second-order valence-electron chi connectivity index (χ2n) is 5.47. The average Bonchev–Trinajstić information content (AvgIpc) is 3.31. The van der Waals surface area contributed by atoms with Gasteiger partial charge < -0.3 is 0 Å². The molecule has 1 aliphatic carbocycles. The Morgan fingerprint density at radius 2 is 2.14 bits per heavy atom. The molecule has 1 saturated carbocycles. The molecule has 4 rings (SSSR count). The van der Waals surface area contributed by atoms with Crippen molar-refractivity contribution < 1.29 is 0 Å². The van der Waals surface area contributed by atoms with Gasteiger partial charge in [0.25, 0.3) is 0 Å². The van der Waals surface area contributed by atoms with Gasteiger partial charge in [-0.1, -0.05) is 12.1 Å². The Morgan fingerprint density at radius 3 is 2.95 bits per heavy atom. The van der Waals surface area contributed by atoms with Gasteiger partial charge in [-0.15, -0.1) is 11.3 Å². The lowest BCUT2D eigenvalue weighted by Gasteiger charge is -2.04. The molecular weight excluding hydrogens is 290 g/mol. The highest BCUT2D eigenvalue weighted by Gasteiger charge is 2.27. The molecule has 3 nitrogen and oxygen atoms in total. The second kappa shape index (κ2) is 5.36. The first kappa shape index (κ1) is 13.2. The SMILES string of the molecule is N#Cc1cccc(-c2csc(-c3cnccc3C3CC3)n2)c1. The normalized spacial score (nSPS) is 13.8. The summed E-state index contributed by atoms with van der Waals surface area (Å²) in [6.45, 7) is 0. The predicted octanol–water partition coefficient (Wildman–Crippen LogP) is 4.62. The number of benzene rings is 1. The van der Waals surface area contributed by atoms with Gasteiger partial charge in [0.2, 0.25) is 0 Å². The van der Waals surface area contributed by atoms with Crippen molar-refractivity contribution in [1.82, 2.24) is 9.97 Å². The number of aromatic nitrogens is 2. The van der Waals surface area contributed by atoms with E-state index in [1.807, 2.05) is 36.7 Å². The van der Waals surface area contributed by atoms with Crippen molar-refractivity contribution in [3.8, 4) is 27.9 Å². The largest absolute Gasteiger partial charge is 0.264 e. The second-order valence-corrected chi connectivity index (χ2v) is 6.33. The Kier molecular flexibility index (Phi) is 3.21. The summed E-state index contributed by atoms with van der Waals surface area (Å²) in [5.74, 6) is 0.673. The molecule has 106 valence electrons. The van der Waals surface area contributed by atoms with Gasteiger partial charge in [0.05, 0.1) is 17.3 Å². The van der Waals surface area contributed by atoms with Crippen LogP contribution >= 0.6 is 11.3 Å². The van der Waals surface area contributed by atoms with Crippen molar-refractivity contribution in [3.63, 3.8) is 0 Å². The molecule has 0 bridgehead atoms. The summed E-state index contributed by atoms with van der Waals surface area (Å²) in [7, 11) is 0. The third-order valence-corrected chi connectivity index (χ3v) is 4.77. The maximum absolute atomic E-state index is 9.02. The van der Waals surface area contributed by atoms with Crippen LogP contribution in [0, 0.1) is 11.3 Å². The molecule has 4 heteroatoms. The number of nitriles is 1. The minimum Gasteiger partial charge on any atom is -0.264 e. The smallest absolute Gasteiger partial charge is 0.125 e. The standard InChI is InChI=1S/C18H13N3S/c19-9-12-2-1-3-14(8-12)17-11-22-18(21-17)16-10-20-7-6-15(16)13-4-5-13/h1-3,6-8,10-11,13H,4-5H2. The summed E-state index contributed by atoms with van der Waals surface area (Å²) in [5, 5.41) is 12.1. The van der Waals surface area contributed by atoms with E-state index in [-0.39, 0.29) is 0 Å². The van der Waals surface area contributed by atoms with Gasteiger partial charge in [-0.2, -0.15) is 5.26 Å². The lowest BCUT2D eigenvalue weighted by Crippen LogP contribution is -1.88. The molecule has 0 atom stereocenters. The Balaban J connectivity index is 1.74. The average molecular weight is 303 g/mol. The summed E-state index contributed by atoms with van der Waals surface area (Å²) in [5.41, 5.74) is 5.08. The van der Waals surface area contributed by atoms with Crippen LogP contribution in [0.5, 0.6) is 0 Å². The molecule has 0 radical (unpaired) electrons. The van der Waals surface area contributed by atoms with E-state index in [0.717, 1.165) is 21.8 Å². The van der Waals surface area contributed by atoms with Gasteiger partial charge >= 0.3 is 0 Å². The van der Waals surface area contributed by atoms with Crippen molar-refractivity contribution in [2.75, 3.05) is 0 Å². The summed E-state index contributed by atoms with van der Waals surface area (Å²) in [6.07, 6.45) is 6.31. The fourth-order valence-electron chi connectivity index (χ4n) is 2.61. The highest BCUT2D eigenvalue weighted by atomic mass is 32.1. The first-order valence-corrected chi connectivity index (χ1v) is 8.13. The van der Waals surface area contributed by atoms with E-state index in [9.17, 15) is 0 Å². The predicted molar refractivity (Wildman–Crippen MR) is 87.5 cm³/mol. The number of nitrogens with zero attached hydrogens (tertiary/aromatic N) is 3. The summed E-state index contributed by atoms with van der Waals surface area (Å²) >= 11 is 1.64. The van der Waals surface area contributed by atoms with Crippen LogP contribution < -0.4 is 0 Å². The van der Waals surface area contributed by atoms with Gasteiger partial charge in [-0.05, 0) is 42.5 Å². The fraction of sp³-hybridized carbons (Fsp3) is 0.167. The van der Waals surface area contributed by atoms with Gasteiger partial charge in [-0.3, -0.25) is 4.98 Å². The first-order valence-electron chi connectivity index (χ1n) is 7.25. The van der Waals surface area contributed by atoms with Gasteiger partial charge in [0.15, 0.2) is 0 Å². The number of hydrogen-bond donors (Lipinski definition) is 0. The van der Waals surface area contributed by atoms with E-state index in [1.165, 1.54) is 18.4 Å². The van der Waals surface area contributed by atoms with E-state index in [2.05, 4.69) is 22.5 Å². The van der Waals surface area contributed by atoms with Crippen LogP contribution in [0.1, 0.15) is 29.9 Å². The lowest BCUT2D eigenvalue weighted by molar-refractivity contribution is 1.11. The Labute approximate surface area is 132 Å². The van der Waals surface area contributed by atoms with Crippen molar-refractivity contribution in [2.24, 2.45) is 0 Å². The van der Waals surface area contributed by atoms with Crippen molar-refractivity contribution >= 4 is 11.3 Å². The zero-order valence-corrected chi connectivity index (χ0v) is 12.7. The molecule has 3 aromatic rings. The number of hydrogen-bond acceptors (Lipinski definition) is 4. The molecule has 0 spiro atoms. The van der Waals surface area contributed by atoms with Gasteiger partial charge in [-0.25, -0.2) is 4.98 Å². The molecule has 1 fully saturated rings. The molecule has 0 unspecified atom stereocenters. The van der Waals surface area contributed by atoms with E-state index < -0.39 is 0 Å². The minimum atomic E-state index is 0.659. The van der Waals surface area contributed by atoms with Crippen molar-refractivity contribution in [1.29, 1.82) is 5.26 Å². The molecule has 2 heterocycles. The van der Waals surface area contributed by atoms with Crippen LogP contribution in [0.15, 0.2) is 48.1 Å². The third-order valence-electron chi connectivity index (χ3n) is 3.89. The van der Waals surface area contributed by atoms with Gasteiger partial charge in [0.1, 0.15) is 5.01 Å². The Hall–Kier alpha value is -2.51. The van der Waals surface area contributed by atoms with Crippen LogP contribution in [0.4, 0.5) is 0 Å². The van der Waals surface area contributed by atoms with E-state index in [1.54, 1.807) is 11.3 Å². The number of pyridine rings is 1. The molecule has 22 heavy (non-hydrogen) atoms. The Bertz CT molecular complexity index is 872. The molecule has 1 aliphatic rings. The van der Waals surface area contributed by atoms with Crippen LogP contribution in [-0.4, -0.2) is 9.97 Å². The maximum atomic E-state index is 9.02. The van der Waals surface area contributed by atoms with Gasteiger partial charge in [0, 0.05) is 28.9 Å². The Morgan fingerprint density at radius 1 is 1.23 bits per heavy atom. The monoisotopic (exact) mass is 303 g/mol. The molecule has 2 aromatic heterocycles. The van der Waals surface area contributed by atoms with Crippen LogP contribution in [0.2, 0.25) is 0 Å². The maximum Gasteiger partial charge on any atom is 0.125 e. The van der Waals surface area contributed by atoms with Crippen LogP contribution in [-0.2, 0) is 0 Å². The molecule has 0 aliphatic heterocycles. The first-order chi connectivity index (χ1) is 10.8. The summed E-state index contributed by atoms with van der Waals surface area (Å²) in [4.78, 5) is 9.03. The lowest BCUT2D eigenvalue weighted by atomic mass is 10.1. The highest BCUT2D eigenvalue weighted by Crippen LogP contribution is 2.44. The molecule has 0 saturated heterocycles. The van der Waals surface area contributed by atoms with E-state index >= 15 is 0 Å². The number of rotatable bonds is 3. The molecule has 0 amide bonds. The highest BCUT2D eigenvalue weighted by molar-refractivity contribution is 7.13. The van der Waals surface area contributed by atoms with Crippen LogP contribution in [0.3, 0.4) is 0 Å². The summed E-state index contributed by atoms with van der Waals surface area (Å²) in [6, 6.07) is 11.9. The van der Waals surface area contributed by atoms with Crippen LogP contribution in [0.25, 0.3) is 21.8 Å². The zero-order valence-electron chi connectivity index (χ0n) is 11.9. The zero-order chi connectivity index (χ0) is 14.9. The quantitative estimate of drug-likeness (QED) is 0.709. The van der Waals surface area contributed by atoms with Crippen molar-refractivity contribution in [3.05, 3.63) is 59.2 Å². The third kappa shape index (κ3) is 2.40. The minimum absolute atomic E-state index is 0.659. The molecule has 0 N–H and O–H groups in total.